The molecule has 1 aromatic heterocycles. The van der Waals surface area contributed by atoms with Crippen LogP contribution >= 0.6 is 0 Å². The number of ether oxygens (including phenoxy) is 1. The smallest absolute Gasteiger partial charge is 0.320 e. The van der Waals surface area contributed by atoms with E-state index in [1.54, 1.807) is 0 Å². The molecule has 0 aromatic carbocycles. The van der Waals surface area contributed by atoms with Crippen molar-refractivity contribution >= 4 is 11.8 Å². The van der Waals surface area contributed by atoms with Crippen LogP contribution in [-0.2, 0) is 4.74 Å². The van der Waals surface area contributed by atoms with Crippen molar-refractivity contribution in [1.29, 1.82) is 0 Å². The number of carbonyl (C=O) groups excluding carboxylic acids is 1. The third-order valence-corrected chi connectivity index (χ3v) is 3.88. The number of amides is 2. The van der Waals surface area contributed by atoms with Crippen molar-refractivity contribution in [3.63, 3.8) is 0 Å². The maximum absolute atomic E-state index is 12.1. The predicted octanol–water partition coefficient (Wildman–Crippen LogP) is 2.54. The molecule has 1 saturated heterocycles. The van der Waals surface area contributed by atoms with E-state index in [-0.39, 0.29) is 17.6 Å². The molecular formula is C14H24N4O2. The highest BCUT2D eigenvalue weighted by Gasteiger charge is 2.32. The highest BCUT2D eigenvalue weighted by Crippen LogP contribution is 2.24. The molecule has 0 spiro atoms. The largest absolute Gasteiger partial charge is 0.381 e. The highest BCUT2D eigenvalue weighted by molar-refractivity contribution is 5.88. The number of urea groups is 1. The molecule has 2 rings (SSSR count). The molecule has 0 bridgehead atoms. The molecule has 0 aliphatic carbocycles. The minimum atomic E-state index is -0.192. The summed E-state index contributed by atoms with van der Waals surface area (Å²) < 4.78 is 7.19. The second-order valence-corrected chi connectivity index (χ2v) is 5.60. The molecule has 1 aromatic rings. The zero-order valence-corrected chi connectivity index (χ0v) is 12.5. The molecule has 0 unspecified atom stereocenters. The summed E-state index contributed by atoms with van der Waals surface area (Å²) in [5.41, 5.74) is -0.150. The van der Waals surface area contributed by atoms with E-state index in [1.165, 1.54) is 0 Å². The number of anilines is 1. The quantitative estimate of drug-likeness (QED) is 0.890. The fourth-order valence-corrected chi connectivity index (χ4v) is 2.41. The lowest BCUT2D eigenvalue weighted by Gasteiger charge is -2.37. The van der Waals surface area contributed by atoms with Gasteiger partial charge >= 0.3 is 6.03 Å². The van der Waals surface area contributed by atoms with E-state index in [4.69, 9.17) is 4.74 Å². The fraction of sp³-hybridized carbons (Fsp3) is 0.714. The van der Waals surface area contributed by atoms with Crippen LogP contribution in [0.1, 0.15) is 46.1 Å². The first-order chi connectivity index (χ1) is 9.54. The van der Waals surface area contributed by atoms with Crippen LogP contribution in [0.3, 0.4) is 0 Å². The van der Waals surface area contributed by atoms with E-state index in [2.05, 4.69) is 22.7 Å². The van der Waals surface area contributed by atoms with Gasteiger partial charge in [0.05, 0.1) is 0 Å². The summed E-state index contributed by atoms with van der Waals surface area (Å²) in [6.45, 7) is 7.60. The highest BCUT2D eigenvalue weighted by atomic mass is 16.5. The van der Waals surface area contributed by atoms with E-state index in [0.29, 0.717) is 19.0 Å². The molecular weight excluding hydrogens is 256 g/mol. The van der Waals surface area contributed by atoms with Gasteiger partial charge in [-0.25, -0.2) is 4.79 Å². The lowest BCUT2D eigenvalue weighted by molar-refractivity contribution is 0.0416. The van der Waals surface area contributed by atoms with Crippen LogP contribution in [-0.4, -0.2) is 34.6 Å². The fourth-order valence-electron chi connectivity index (χ4n) is 2.41. The average Bonchev–Trinajstić information content (AvgIpc) is 2.88. The number of rotatable bonds is 4. The summed E-state index contributed by atoms with van der Waals surface area (Å²) in [7, 11) is 0. The van der Waals surface area contributed by atoms with Crippen molar-refractivity contribution in [3.05, 3.63) is 12.3 Å². The number of hydrogen-bond acceptors (Lipinski definition) is 3. The summed E-state index contributed by atoms with van der Waals surface area (Å²) in [6.07, 6.45) is 4.49. The number of nitrogens with one attached hydrogen (secondary N) is 2. The Balaban J connectivity index is 1.93. The Morgan fingerprint density at radius 2 is 2.20 bits per heavy atom. The Morgan fingerprint density at radius 3 is 2.75 bits per heavy atom. The maximum atomic E-state index is 12.1. The van der Waals surface area contributed by atoms with Crippen molar-refractivity contribution in [1.82, 2.24) is 15.1 Å². The van der Waals surface area contributed by atoms with Gasteiger partial charge in [-0.1, -0.05) is 6.92 Å². The number of nitrogens with zero attached hydrogens (tertiary/aromatic N) is 2. The summed E-state index contributed by atoms with van der Waals surface area (Å²) in [6, 6.07) is 1.90. The normalized spacial score (nSPS) is 18.0. The first-order valence-corrected chi connectivity index (χ1v) is 7.27. The van der Waals surface area contributed by atoms with Gasteiger partial charge in [-0.05, 0) is 33.1 Å². The molecule has 2 N–H and O–H groups in total. The van der Waals surface area contributed by atoms with E-state index >= 15 is 0 Å². The molecule has 20 heavy (non-hydrogen) atoms. The van der Waals surface area contributed by atoms with E-state index in [9.17, 15) is 4.79 Å². The van der Waals surface area contributed by atoms with Crippen LogP contribution in [0.2, 0.25) is 0 Å². The molecule has 6 nitrogen and oxygen atoms in total. The molecule has 0 saturated carbocycles. The third kappa shape index (κ3) is 3.50. The maximum Gasteiger partial charge on any atom is 0.320 e. The standard InChI is InChI=1S/C14H24N4O2/c1-4-14(6-9-20-10-7-14)16-13(19)15-12-5-8-18(17-12)11(2)3/h5,8,11H,4,6-7,9-10H2,1-3H3,(H2,15,16,17,19). The van der Waals surface area contributed by atoms with Crippen LogP contribution in [0.25, 0.3) is 0 Å². The summed E-state index contributed by atoms with van der Waals surface area (Å²) in [5, 5.41) is 10.2. The van der Waals surface area contributed by atoms with Gasteiger partial charge in [-0.15, -0.1) is 0 Å². The number of carbonyl (C=O) groups is 1. The second kappa shape index (κ2) is 6.26. The molecule has 1 aliphatic heterocycles. The first-order valence-electron chi connectivity index (χ1n) is 7.27. The van der Waals surface area contributed by atoms with Crippen molar-refractivity contribution in [3.8, 4) is 0 Å². The Kier molecular flexibility index (Phi) is 4.65. The number of hydrogen-bond donors (Lipinski definition) is 2. The van der Waals surface area contributed by atoms with E-state index < -0.39 is 0 Å². The summed E-state index contributed by atoms with van der Waals surface area (Å²) >= 11 is 0. The van der Waals surface area contributed by atoms with Gasteiger partial charge in [-0.2, -0.15) is 5.10 Å². The predicted molar refractivity (Wildman–Crippen MR) is 77.8 cm³/mol. The Morgan fingerprint density at radius 1 is 1.50 bits per heavy atom. The van der Waals surface area contributed by atoms with Crippen LogP contribution < -0.4 is 10.6 Å². The molecule has 6 heteroatoms. The van der Waals surface area contributed by atoms with Gasteiger partial charge < -0.3 is 10.1 Å². The Bertz CT molecular complexity index is 450. The zero-order chi connectivity index (χ0) is 14.6. The van der Waals surface area contributed by atoms with Crippen LogP contribution in [0.4, 0.5) is 10.6 Å². The van der Waals surface area contributed by atoms with Gasteiger partial charge in [0.25, 0.3) is 0 Å². The molecule has 112 valence electrons. The third-order valence-electron chi connectivity index (χ3n) is 3.88. The Labute approximate surface area is 119 Å². The molecule has 0 atom stereocenters. The Hall–Kier alpha value is -1.56. The van der Waals surface area contributed by atoms with Gasteiger partial charge in [-0.3, -0.25) is 10.00 Å². The monoisotopic (exact) mass is 280 g/mol. The van der Waals surface area contributed by atoms with Crippen LogP contribution in [0, 0.1) is 0 Å². The van der Waals surface area contributed by atoms with Crippen molar-refractivity contribution in [2.24, 2.45) is 0 Å². The molecule has 1 aliphatic rings. The minimum Gasteiger partial charge on any atom is -0.381 e. The molecule has 0 radical (unpaired) electrons. The van der Waals surface area contributed by atoms with Crippen LogP contribution in [0.15, 0.2) is 12.3 Å². The lowest BCUT2D eigenvalue weighted by atomic mass is 9.87. The van der Waals surface area contributed by atoms with Gasteiger partial charge in [0, 0.05) is 37.1 Å². The van der Waals surface area contributed by atoms with Crippen LogP contribution in [0.5, 0.6) is 0 Å². The van der Waals surface area contributed by atoms with Crippen molar-refractivity contribution in [2.75, 3.05) is 18.5 Å². The topological polar surface area (TPSA) is 68.2 Å². The molecule has 2 amide bonds. The van der Waals surface area contributed by atoms with Gasteiger partial charge in [0.1, 0.15) is 0 Å². The molecule has 2 heterocycles. The van der Waals surface area contributed by atoms with Gasteiger partial charge in [0.2, 0.25) is 0 Å². The van der Waals surface area contributed by atoms with E-state index in [0.717, 1.165) is 19.3 Å². The van der Waals surface area contributed by atoms with Crippen molar-refractivity contribution in [2.45, 2.75) is 51.6 Å². The first kappa shape index (κ1) is 14.8. The average molecular weight is 280 g/mol. The zero-order valence-electron chi connectivity index (χ0n) is 12.5. The SMILES string of the molecule is CCC1(NC(=O)Nc2ccn(C(C)C)n2)CCOCC1. The number of aromatic nitrogens is 2. The second-order valence-electron chi connectivity index (χ2n) is 5.60. The van der Waals surface area contributed by atoms with Crippen molar-refractivity contribution < 1.29 is 9.53 Å². The molecule has 1 fully saturated rings. The summed E-state index contributed by atoms with van der Waals surface area (Å²) in [4.78, 5) is 12.1. The van der Waals surface area contributed by atoms with Gasteiger partial charge in [0.15, 0.2) is 5.82 Å². The van der Waals surface area contributed by atoms with E-state index in [1.807, 2.05) is 30.8 Å². The minimum absolute atomic E-state index is 0.150. The lowest BCUT2D eigenvalue weighted by Crippen LogP contribution is -2.52. The summed E-state index contributed by atoms with van der Waals surface area (Å²) in [5.74, 6) is 0.578.